The Morgan fingerprint density at radius 3 is 2.79 bits per heavy atom. The van der Waals surface area contributed by atoms with Gasteiger partial charge in [0, 0.05) is 18.0 Å². The largest absolute Gasteiger partial charge is 0.491 e. The van der Waals surface area contributed by atoms with Crippen LogP contribution in [0.1, 0.15) is 39.9 Å². The highest BCUT2D eigenvalue weighted by Gasteiger charge is 2.15. The minimum atomic E-state index is -0.0154. The summed E-state index contributed by atoms with van der Waals surface area (Å²) in [5.41, 5.74) is 1.06. The zero-order valence-corrected chi connectivity index (χ0v) is 14.7. The molecule has 0 saturated carbocycles. The molecule has 1 aliphatic heterocycles. The number of amides is 1. The lowest BCUT2D eigenvalue weighted by Crippen LogP contribution is -2.21. The maximum absolute atomic E-state index is 12.1. The Balaban J connectivity index is 1.46. The van der Waals surface area contributed by atoms with Crippen LogP contribution in [-0.2, 0) is 17.7 Å². The molecule has 0 spiro atoms. The molecule has 5 heteroatoms. The maximum atomic E-state index is 12.1. The summed E-state index contributed by atoms with van der Waals surface area (Å²) < 4.78 is 11.3. The van der Waals surface area contributed by atoms with Crippen molar-refractivity contribution in [3.05, 3.63) is 51.7 Å². The normalized spacial score (nSPS) is 17.0. The predicted molar refractivity (Wildman–Crippen MR) is 95.8 cm³/mol. The molecule has 1 saturated heterocycles. The summed E-state index contributed by atoms with van der Waals surface area (Å²) in [6.07, 6.45) is 3.39. The van der Waals surface area contributed by atoms with E-state index in [2.05, 4.69) is 12.2 Å². The summed E-state index contributed by atoms with van der Waals surface area (Å²) in [6, 6.07) is 11.8. The summed E-state index contributed by atoms with van der Waals surface area (Å²) >= 11 is 1.55. The number of rotatable bonds is 7. The lowest BCUT2D eigenvalue weighted by molar-refractivity contribution is 0.0679. The molecule has 0 radical (unpaired) electrons. The average Bonchev–Trinajstić information content (AvgIpc) is 3.30. The van der Waals surface area contributed by atoms with Crippen molar-refractivity contribution < 1.29 is 14.3 Å². The van der Waals surface area contributed by atoms with E-state index in [9.17, 15) is 4.79 Å². The summed E-state index contributed by atoms with van der Waals surface area (Å²) in [5, 5.41) is 2.96. The van der Waals surface area contributed by atoms with Crippen LogP contribution in [0.2, 0.25) is 0 Å². The van der Waals surface area contributed by atoms with Gasteiger partial charge in [-0.2, -0.15) is 0 Å². The van der Waals surface area contributed by atoms with Crippen LogP contribution in [0.15, 0.2) is 36.4 Å². The number of ether oxygens (including phenoxy) is 2. The molecule has 0 bridgehead atoms. The molecule has 1 aromatic carbocycles. The summed E-state index contributed by atoms with van der Waals surface area (Å²) in [5.74, 6) is 0.824. The molecule has 1 N–H and O–H groups in total. The first-order chi connectivity index (χ1) is 11.7. The van der Waals surface area contributed by atoms with Crippen LogP contribution in [0.3, 0.4) is 0 Å². The van der Waals surface area contributed by atoms with Gasteiger partial charge in [0.1, 0.15) is 12.4 Å². The van der Waals surface area contributed by atoms with E-state index in [1.807, 2.05) is 36.4 Å². The topological polar surface area (TPSA) is 47.6 Å². The Morgan fingerprint density at radius 1 is 1.29 bits per heavy atom. The number of aryl methyl sites for hydroxylation is 1. The molecule has 1 amide bonds. The fourth-order valence-corrected chi connectivity index (χ4v) is 3.49. The van der Waals surface area contributed by atoms with Crippen molar-refractivity contribution in [3.63, 3.8) is 0 Å². The van der Waals surface area contributed by atoms with Crippen LogP contribution in [0.25, 0.3) is 0 Å². The van der Waals surface area contributed by atoms with E-state index in [0.29, 0.717) is 13.2 Å². The van der Waals surface area contributed by atoms with Gasteiger partial charge in [-0.1, -0.05) is 19.1 Å². The Kier molecular flexibility index (Phi) is 5.88. The number of benzene rings is 1. The summed E-state index contributed by atoms with van der Waals surface area (Å²) in [6.45, 7) is 4.06. The first-order valence-corrected chi connectivity index (χ1v) is 9.26. The second kappa shape index (κ2) is 8.31. The van der Waals surface area contributed by atoms with Gasteiger partial charge in [0.15, 0.2) is 0 Å². The highest BCUT2D eigenvalue weighted by Crippen LogP contribution is 2.18. The van der Waals surface area contributed by atoms with Crippen LogP contribution >= 0.6 is 11.3 Å². The molecule has 128 valence electrons. The van der Waals surface area contributed by atoms with Crippen molar-refractivity contribution >= 4 is 17.2 Å². The van der Waals surface area contributed by atoms with E-state index >= 15 is 0 Å². The fourth-order valence-electron chi connectivity index (χ4n) is 2.63. The van der Waals surface area contributed by atoms with Gasteiger partial charge in [-0.15, -0.1) is 11.3 Å². The van der Waals surface area contributed by atoms with E-state index in [0.717, 1.165) is 42.1 Å². The number of hydrogen-bond donors (Lipinski definition) is 1. The minimum Gasteiger partial charge on any atom is -0.491 e. The predicted octanol–water partition coefficient (Wildman–Crippen LogP) is 3.80. The van der Waals surface area contributed by atoms with Gasteiger partial charge in [0.2, 0.25) is 0 Å². The number of carbonyl (C=O) groups excluding carboxylic acids is 1. The van der Waals surface area contributed by atoms with Crippen molar-refractivity contribution in [1.29, 1.82) is 0 Å². The average molecular weight is 345 g/mol. The first-order valence-electron chi connectivity index (χ1n) is 8.45. The number of thiophene rings is 1. The Labute approximate surface area is 146 Å². The Hall–Kier alpha value is -1.85. The number of hydrogen-bond acceptors (Lipinski definition) is 4. The highest BCUT2D eigenvalue weighted by molar-refractivity contribution is 7.14. The van der Waals surface area contributed by atoms with E-state index in [-0.39, 0.29) is 12.0 Å². The van der Waals surface area contributed by atoms with E-state index < -0.39 is 0 Å². The SMILES string of the molecule is CCc1ccc(C(=O)NCc2ccc(OC[C@@H]3CCCO3)cc2)s1. The van der Waals surface area contributed by atoms with Gasteiger partial charge in [-0.05, 0) is 49.1 Å². The molecule has 1 aliphatic rings. The second-order valence-corrected chi connectivity index (χ2v) is 7.06. The molecule has 1 fully saturated rings. The molecule has 1 atom stereocenters. The molecule has 2 aromatic rings. The lowest BCUT2D eigenvalue weighted by Gasteiger charge is -2.12. The Morgan fingerprint density at radius 2 is 2.12 bits per heavy atom. The van der Waals surface area contributed by atoms with E-state index in [1.165, 1.54) is 4.88 Å². The number of nitrogens with one attached hydrogen (secondary N) is 1. The lowest BCUT2D eigenvalue weighted by atomic mass is 10.2. The minimum absolute atomic E-state index is 0.0154. The second-order valence-electron chi connectivity index (χ2n) is 5.89. The van der Waals surface area contributed by atoms with Gasteiger partial charge in [-0.25, -0.2) is 0 Å². The van der Waals surface area contributed by atoms with Crippen LogP contribution < -0.4 is 10.1 Å². The molecule has 1 aromatic heterocycles. The monoisotopic (exact) mass is 345 g/mol. The zero-order chi connectivity index (χ0) is 16.8. The zero-order valence-electron chi connectivity index (χ0n) is 13.9. The summed E-state index contributed by atoms with van der Waals surface area (Å²) in [4.78, 5) is 14.1. The molecule has 0 aliphatic carbocycles. The third kappa shape index (κ3) is 4.58. The first kappa shape index (κ1) is 17.0. The van der Waals surface area contributed by atoms with Gasteiger partial charge in [0.05, 0.1) is 11.0 Å². The molecule has 4 nitrogen and oxygen atoms in total. The third-order valence-electron chi connectivity index (χ3n) is 4.07. The molecule has 24 heavy (non-hydrogen) atoms. The summed E-state index contributed by atoms with van der Waals surface area (Å²) in [7, 11) is 0. The smallest absolute Gasteiger partial charge is 0.261 e. The van der Waals surface area contributed by atoms with Crippen molar-refractivity contribution in [2.24, 2.45) is 0 Å². The molecular formula is C19H23NO3S. The molecule has 2 heterocycles. The fraction of sp³-hybridized carbons (Fsp3) is 0.421. The van der Waals surface area contributed by atoms with Crippen LogP contribution in [0.4, 0.5) is 0 Å². The van der Waals surface area contributed by atoms with Crippen LogP contribution in [0, 0.1) is 0 Å². The molecule has 3 rings (SSSR count). The highest BCUT2D eigenvalue weighted by atomic mass is 32.1. The number of carbonyl (C=O) groups is 1. The van der Waals surface area contributed by atoms with Crippen molar-refractivity contribution in [1.82, 2.24) is 5.32 Å². The maximum Gasteiger partial charge on any atom is 0.261 e. The quantitative estimate of drug-likeness (QED) is 0.830. The van der Waals surface area contributed by atoms with Crippen molar-refractivity contribution in [2.45, 2.75) is 38.8 Å². The van der Waals surface area contributed by atoms with E-state index in [1.54, 1.807) is 11.3 Å². The van der Waals surface area contributed by atoms with Gasteiger partial charge in [-0.3, -0.25) is 4.79 Å². The Bertz CT molecular complexity index is 660. The van der Waals surface area contributed by atoms with Crippen LogP contribution in [-0.4, -0.2) is 25.2 Å². The van der Waals surface area contributed by atoms with Crippen molar-refractivity contribution in [3.8, 4) is 5.75 Å². The van der Waals surface area contributed by atoms with Crippen LogP contribution in [0.5, 0.6) is 5.75 Å². The van der Waals surface area contributed by atoms with Gasteiger partial charge < -0.3 is 14.8 Å². The van der Waals surface area contributed by atoms with Gasteiger partial charge >= 0.3 is 0 Å². The van der Waals surface area contributed by atoms with Crippen molar-refractivity contribution in [2.75, 3.05) is 13.2 Å². The van der Waals surface area contributed by atoms with Gasteiger partial charge in [0.25, 0.3) is 5.91 Å². The standard InChI is InChI=1S/C19H23NO3S/c1-2-17-9-10-18(24-17)19(21)20-12-14-5-7-15(8-6-14)23-13-16-4-3-11-22-16/h5-10,16H,2-4,11-13H2,1H3,(H,20,21)/t16-/m0/s1. The third-order valence-corrected chi connectivity index (χ3v) is 5.30. The molecule has 0 unspecified atom stereocenters. The molecular weight excluding hydrogens is 322 g/mol. The van der Waals surface area contributed by atoms with E-state index in [4.69, 9.17) is 9.47 Å².